The highest BCUT2D eigenvalue weighted by Gasteiger charge is 2.08. The number of nitrogens with zero attached hydrogens (tertiary/aromatic N) is 1. The van der Waals surface area contributed by atoms with E-state index in [9.17, 15) is 9.59 Å². The van der Waals surface area contributed by atoms with E-state index in [4.69, 9.17) is 9.47 Å². The number of amides is 2. The van der Waals surface area contributed by atoms with Crippen molar-refractivity contribution < 1.29 is 19.1 Å². The minimum Gasteiger partial charge on any atom is -0.496 e. The van der Waals surface area contributed by atoms with E-state index in [2.05, 4.69) is 31.8 Å². The summed E-state index contributed by atoms with van der Waals surface area (Å²) >= 11 is 3.35. The van der Waals surface area contributed by atoms with Crippen LogP contribution in [0.2, 0.25) is 0 Å². The second-order valence-corrected chi connectivity index (χ2v) is 5.47. The summed E-state index contributed by atoms with van der Waals surface area (Å²) in [5.41, 5.74) is 3.01. The van der Waals surface area contributed by atoms with Gasteiger partial charge in [0.25, 0.3) is 0 Å². The number of benzene rings is 1. The van der Waals surface area contributed by atoms with Crippen LogP contribution in [0, 0.1) is 0 Å². The molecule has 0 saturated heterocycles. The van der Waals surface area contributed by atoms with Gasteiger partial charge in [0, 0.05) is 30.3 Å². The van der Waals surface area contributed by atoms with Crippen molar-refractivity contribution in [3.8, 4) is 5.75 Å². The molecule has 0 spiro atoms. The van der Waals surface area contributed by atoms with Gasteiger partial charge >= 0.3 is 0 Å². The van der Waals surface area contributed by atoms with E-state index in [1.54, 1.807) is 26.4 Å². The van der Waals surface area contributed by atoms with Crippen LogP contribution in [0.5, 0.6) is 5.75 Å². The third-order valence-electron chi connectivity index (χ3n) is 2.75. The van der Waals surface area contributed by atoms with Crippen LogP contribution >= 0.6 is 15.9 Å². The van der Waals surface area contributed by atoms with Crippen molar-refractivity contribution in [2.45, 2.75) is 12.8 Å². The van der Waals surface area contributed by atoms with E-state index >= 15 is 0 Å². The molecular weight excluding hydrogens is 366 g/mol. The number of carbonyl (C=O) groups is 2. The maximum absolute atomic E-state index is 11.6. The number of ether oxygens (including phenoxy) is 2. The van der Waals surface area contributed by atoms with Crippen LogP contribution in [0.4, 0.5) is 0 Å². The molecule has 1 aromatic carbocycles. The summed E-state index contributed by atoms with van der Waals surface area (Å²) in [5.74, 6) is -0.213. The number of methoxy groups -OCH3 is 2. The third kappa shape index (κ3) is 7.75. The lowest BCUT2D eigenvalue weighted by Gasteiger charge is -2.05. The molecule has 0 aliphatic carbocycles. The summed E-state index contributed by atoms with van der Waals surface area (Å²) in [7, 11) is 3.14. The standard InChI is InChI=1S/C15H20BrN3O4/c1-22-7-3-6-17-14(20)9-15(21)19-18-10-11-8-12(16)4-5-13(11)23-2/h4-5,8,10H,3,6-7,9H2,1-2H3,(H,17,20)(H,19,21)/b18-10-. The molecule has 0 heterocycles. The summed E-state index contributed by atoms with van der Waals surface area (Å²) in [6.45, 7) is 1.03. The molecule has 2 amide bonds. The molecule has 0 unspecified atom stereocenters. The predicted octanol–water partition coefficient (Wildman–Crippen LogP) is 1.45. The average Bonchev–Trinajstić information content (AvgIpc) is 2.52. The Balaban J connectivity index is 2.41. The number of hydrogen-bond donors (Lipinski definition) is 2. The maximum atomic E-state index is 11.6. The number of halogens is 1. The summed E-state index contributed by atoms with van der Waals surface area (Å²) in [6.07, 6.45) is 1.88. The Morgan fingerprint density at radius 2 is 2.09 bits per heavy atom. The highest BCUT2D eigenvalue weighted by Crippen LogP contribution is 2.21. The SMILES string of the molecule is COCCCNC(=O)CC(=O)N/N=C\c1cc(Br)ccc1OC. The Morgan fingerprint density at radius 1 is 1.30 bits per heavy atom. The molecule has 0 radical (unpaired) electrons. The van der Waals surface area contributed by atoms with E-state index in [0.29, 0.717) is 30.9 Å². The monoisotopic (exact) mass is 385 g/mol. The van der Waals surface area contributed by atoms with E-state index in [-0.39, 0.29) is 12.3 Å². The molecule has 0 bridgehead atoms. The second-order valence-electron chi connectivity index (χ2n) is 4.55. The molecule has 1 aromatic rings. The number of hydrogen-bond acceptors (Lipinski definition) is 5. The fourth-order valence-corrected chi connectivity index (χ4v) is 2.05. The van der Waals surface area contributed by atoms with Gasteiger partial charge in [-0.1, -0.05) is 15.9 Å². The molecule has 2 N–H and O–H groups in total. The number of nitrogens with one attached hydrogen (secondary N) is 2. The van der Waals surface area contributed by atoms with E-state index < -0.39 is 5.91 Å². The van der Waals surface area contributed by atoms with E-state index in [1.165, 1.54) is 6.21 Å². The van der Waals surface area contributed by atoms with Gasteiger partial charge in [-0.25, -0.2) is 5.43 Å². The Hall–Kier alpha value is -1.93. The van der Waals surface area contributed by atoms with Crippen LogP contribution in [0.15, 0.2) is 27.8 Å². The van der Waals surface area contributed by atoms with Crippen molar-refractivity contribution >= 4 is 34.0 Å². The first-order chi connectivity index (χ1) is 11.1. The van der Waals surface area contributed by atoms with Crippen LogP contribution < -0.4 is 15.5 Å². The largest absolute Gasteiger partial charge is 0.496 e. The molecule has 0 saturated carbocycles. The predicted molar refractivity (Wildman–Crippen MR) is 90.6 cm³/mol. The normalized spacial score (nSPS) is 10.6. The van der Waals surface area contributed by atoms with E-state index in [1.807, 2.05) is 6.07 Å². The number of rotatable bonds is 9. The highest BCUT2D eigenvalue weighted by atomic mass is 79.9. The van der Waals surface area contributed by atoms with Crippen molar-refractivity contribution in [3.63, 3.8) is 0 Å². The fourth-order valence-electron chi connectivity index (χ4n) is 1.67. The van der Waals surface area contributed by atoms with Gasteiger partial charge in [-0.05, 0) is 24.6 Å². The summed E-state index contributed by atoms with van der Waals surface area (Å²) in [5, 5.41) is 6.45. The van der Waals surface area contributed by atoms with Crippen LogP contribution in [0.3, 0.4) is 0 Å². The van der Waals surface area contributed by atoms with E-state index in [0.717, 1.165) is 4.47 Å². The molecule has 0 fully saturated rings. The Labute approximate surface area is 143 Å². The molecule has 0 atom stereocenters. The molecule has 8 heteroatoms. The van der Waals surface area contributed by atoms with Gasteiger partial charge in [0.1, 0.15) is 12.2 Å². The van der Waals surface area contributed by atoms with Gasteiger partial charge in [0.05, 0.1) is 13.3 Å². The molecule has 0 aliphatic heterocycles. The van der Waals surface area contributed by atoms with Gasteiger partial charge in [0.15, 0.2) is 0 Å². The Bertz CT molecular complexity index is 564. The summed E-state index contributed by atoms with van der Waals surface area (Å²) in [4.78, 5) is 23.1. The summed E-state index contributed by atoms with van der Waals surface area (Å²) < 4.78 is 10.9. The zero-order valence-electron chi connectivity index (χ0n) is 13.1. The summed E-state index contributed by atoms with van der Waals surface area (Å²) in [6, 6.07) is 5.42. The lowest BCUT2D eigenvalue weighted by atomic mass is 10.2. The lowest BCUT2D eigenvalue weighted by Crippen LogP contribution is -2.30. The van der Waals surface area contributed by atoms with Gasteiger partial charge in [-0.3, -0.25) is 9.59 Å². The van der Waals surface area contributed by atoms with Crippen LogP contribution in [-0.2, 0) is 14.3 Å². The molecule has 1 rings (SSSR count). The number of hydrazone groups is 1. The van der Waals surface area contributed by atoms with Crippen molar-refractivity contribution in [1.29, 1.82) is 0 Å². The van der Waals surface area contributed by atoms with Crippen LogP contribution in [0.25, 0.3) is 0 Å². The maximum Gasteiger partial charge on any atom is 0.249 e. The second kappa shape index (κ2) is 10.7. The van der Waals surface area contributed by atoms with Crippen molar-refractivity contribution in [2.24, 2.45) is 5.10 Å². The van der Waals surface area contributed by atoms with Gasteiger partial charge in [-0.15, -0.1) is 0 Å². The Morgan fingerprint density at radius 3 is 2.78 bits per heavy atom. The zero-order valence-corrected chi connectivity index (χ0v) is 14.7. The topological polar surface area (TPSA) is 89.0 Å². The van der Waals surface area contributed by atoms with Gasteiger partial charge in [0.2, 0.25) is 11.8 Å². The zero-order chi connectivity index (χ0) is 17.1. The van der Waals surface area contributed by atoms with Gasteiger partial charge < -0.3 is 14.8 Å². The van der Waals surface area contributed by atoms with Crippen molar-refractivity contribution in [3.05, 3.63) is 28.2 Å². The van der Waals surface area contributed by atoms with Crippen LogP contribution in [-0.4, -0.2) is 45.4 Å². The average molecular weight is 386 g/mol. The molecule has 23 heavy (non-hydrogen) atoms. The minimum absolute atomic E-state index is 0.278. The first-order valence-electron chi connectivity index (χ1n) is 6.98. The molecular formula is C15H20BrN3O4. The molecule has 0 aliphatic rings. The Kier molecular flexibility index (Phi) is 8.93. The first kappa shape index (κ1) is 19.1. The third-order valence-corrected chi connectivity index (χ3v) is 3.25. The van der Waals surface area contributed by atoms with Crippen molar-refractivity contribution in [2.75, 3.05) is 27.4 Å². The minimum atomic E-state index is -0.487. The van der Waals surface area contributed by atoms with Gasteiger partial charge in [-0.2, -0.15) is 5.10 Å². The molecule has 7 nitrogen and oxygen atoms in total. The quantitative estimate of drug-likeness (QED) is 0.291. The van der Waals surface area contributed by atoms with Crippen molar-refractivity contribution in [1.82, 2.24) is 10.7 Å². The number of carbonyl (C=O) groups excluding carboxylic acids is 2. The highest BCUT2D eigenvalue weighted by molar-refractivity contribution is 9.10. The van der Waals surface area contributed by atoms with Crippen LogP contribution in [0.1, 0.15) is 18.4 Å². The fraction of sp³-hybridized carbons (Fsp3) is 0.400. The molecule has 0 aromatic heterocycles. The smallest absolute Gasteiger partial charge is 0.249 e. The lowest BCUT2D eigenvalue weighted by molar-refractivity contribution is -0.129. The molecule has 126 valence electrons. The first-order valence-corrected chi connectivity index (χ1v) is 7.77.